The first-order valence-corrected chi connectivity index (χ1v) is 8.40. The topological polar surface area (TPSA) is 41.5 Å². The highest BCUT2D eigenvalue weighted by Crippen LogP contribution is 2.30. The number of carbonyl (C=O) groups excluding carboxylic acids is 1. The van der Waals surface area contributed by atoms with E-state index in [1.165, 1.54) is 11.8 Å². The molecule has 3 nitrogen and oxygen atoms in total. The third-order valence-electron chi connectivity index (χ3n) is 2.90. The Kier molecular flexibility index (Phi) is 4.66. The molecule has 1 aliphatic heterocycles. The second-order valence-corrected chi connectivity index (χ2v) is 6.83. The molecule has 0 spiro atoms. The summed E-state index contributed by atoms with van der Waals surface area (Å²) in [6.45, 7) is 0. The Labute approximate surface area is 145 Å². The van der Waals surface area contributed by atoms with Gasteiger partial charge >= 0.3 is 0 Å². The van der Waals surface area contributed by atoms with E-state index in [1.54, 1.807) is 12.1 Å². The van der Waals surface area contributed by atoms with Crippen molar-refractivity contribution in [1.29, 1.82) is 0 Å². The highest BCUT2D eigenvalue weighted by molar-refractivity contribution is 9.10. The Balaban J connectivity index is 1.84. The first-order valence-electron chi connectivity index (χ1n) is 6.41. The Bertz CT molecular complexity index is 787. The minimum Gasteiger partial charge on any atom is -0.300 e. The summed E-state index contributed by atoms with van der Waals surface area (Å²) in [5.41, 5.74) is 1.59. The van der Waals surface area contributed by atoms with Gasteiger partial charge in [0.05, 0.1) is 10.6 Å². The normalized spacial score (nSPS) is 18.0. The predicted molar refractivity (Wildman–Crippen MR) is 96.4 cm³/mol. The molecule has 0 unspecified atom stereocenters. The lowest BCUT2D eigenvalue weighted by molar-refractivity contribution is -0.115. The zero-order valence-corrected chi connectivity index (χ0v) is 14.4. The number of amides is 1. The molecule has 1 N–H and O–H groups in total. The standard InChI is InChI=1S/C16H10BrClN2OS/c17-11-5-7-12(8-6-11)19-16-20-15(21)14(22-16)9-10-3-1-2-4-13(10)18/h1-9H,(H,19,20,21)/b14-9+. The summed E-state index contributed by atoms with van der Waals surface area (Å²) in [4.78, 5) is 17.0. The van der Waals surface area contributed by atoms with E-state index in [4.69, 9.17) is 11.6 Å². The van der Waals surface area contributed by atoms with E-state index in [-0.39, 0.29) is 5.91 Å². The molecular formula is C16H10BrClN2OS. The van der Waals surface area contributed by atoms with E-state index in [0.29, 0.717) is 15.1 Å². The van der Waals surface area contributed by atoms with E-state index < -0.39 is 0 Å². The van der Waals surface area contributed by atoms with Crippen molar-refractivity contribution in [1.82, 2.24) is 5.32 Å². The molecular weight excluding hydrogens is 384 g/mol. The quantitative estimate of drug-likeness (QED) is 0.730. The Morgan fingerprint density at radius 1 is 1.14 bits per heavy atom. The maximum Gasteiger partial charge on any atom is 0.264 e. The van der Waals surface area contributed by atoms with E-state index in [2.05, 4.69) is 26.2 Å². The summed E-state index contributed by atoms with van der Waals surface area (Å²) < 4.78 is 0.985. The summed E-state index contributed by atoms with van der Waals surface area (Å²) in [5.74, 6) is -0.166. The molecule has 0 aromatic heterocycles. The third-order valence-corrected chi connectivity index (χ3v) is 4.68. The predicted octanol–water partition coefficient (Wildman–Crippen LogP) is 4.99. The van der Waals surface area contributed by atoms with Gasteiger partial charge in [0, 0.05) is 9.50 Å². The van der Waals surface area contributed by atoms with Crippen LogP contribution in [0, 0.1) is 0 Å². The zero-order valence-electron chi connectivity index (χ0n) is 11.2. The lowest BCUT2D eigenvalue weighted by atomic mass is 10.2. The molecule has 1 saturated heterocycles. The van der Waals surface area contributed by atoms with Gasteiger partial charge in [-0.15, -0.1) is 0 Å². The average Bonchev–Trinajstić information content (AvgIpc) is 2.84. The van der Waals surface area contributed by atoms with Crippen molar-refractivity contribution in [3.8, 4) is 0 Å². The molecule has 1 heterocycles. The number of nitrogens with one attached hydrogen (secondary N) is 1. The summed E-state index contributed by atoms with van der Waals surface area (Å²) >= 11 is 10.8. The number of benzene rings is 2. The molecule has 0 bridgehead atoms. The largest absolute Gasteiger partial charge is 0.300 e. The molecule has 6 heteroatoms. The van der Waals surface area contributed by atoms with Crippen LogP contribution in [0.5, 0.6) is 0 Å². The maximum absolute atomic E-state index is 12.0. The second kappa shape index (κ2) is 6.69. The van der Waals surface area contributed by atoms with Gasteiger partial charge in [0.1, 0.15) is 0 Å². The van der Waals surface area contributed by atoms with Gasteiger partial charge in [-0.2, -0.15) is 0 Å². The lowest BCUT2D eigenvalue weighted by Gasteiger charge is -1.97. The van der Waals surface area contributed by atoms with Crippen LogP contribution in [0.2, 0.25) is 5.02 Å². The molecule has 2 aromatic rings. The molecule has 0 atom stereocenters. The van der Waals surface area contributed by atoms with E-state index in [1.807, 2.05) is 42.5 Å². The Morgan fingerprint density at radius 2 is 1.86 bits per heavy atom. The van der Waals surface area contributed by atoms with Gasteiger partial charge in [0.25, 0.3) is 5.91 Å². The summed E-state index contributed by atoms with van der Waals surface area (Å²) in [7, 11) is 0. The van der Waals surface area contributed by atoms with Crippen LogP contribution in [-0.4, -0.2) is 11.1 Å². The molecule has 1 fully saturated rings. The van der Waals surface area contributed by atoms with E-state index in [0.717, 1.165) is 15.7 Å². The van der Waals surface area contributed by atoms with Gasteiger partial charge in [0.15, 0.2) is 5.17 Å². The van der Waals surface area contributed by atoms with Crippen molar-refractivity contribution in [2.75, 3.05) is 0 Å². The van der Waals surface area contributed by atoms with Crippen LogP contribution in [0.4, 0.5) is 5.69 Å². The molecule has 22 heavy (non-hydrogen) atoms. The SMILES string of the molecule is O=C1NC(=Nc2ccc(Br)cc2)S/C1=C/c1ccccc1Cl. The number of rotatable bonds is 2. The molecule has 0 aliphatic carbocycles. The van der Waals surface area contributed by atoms with Crippen LogP contribution in [0.3, 0.4) is 0 Å². The molecule has 1 aliphatic rings. The van der Waals surface area contributed by atoms with Gasteiger partial charge in [-0.05, 0) is 53.7 Å². The van der Waals surface area contributed by atoms with Crippen LogP contribution in [0.15, 0.2) is 62.9 Å². The van der Waals surface area contributed by atoms with Crippen molar-refractivity contribution in [3.05, 3.63) is 68.5 Å². The first-order chi connectivity index (χ1) is 10.6. The van der Waals surface area contributed by atoms with Crippen molar-refractivity contribution >= 4 is 62.1 Å². The number of carbonyl (C=O) groups is 1. The fourth-order valence-electron chi connectivity index (χ4n) is 1.85. The number of aliphatic imine (C=N–C) groups is 1. The average molecular weight is 394 g/mol. The molecule has 3 rings (SSSR count). The van der Waals surface area contributed by atoms with Crippen LogP contribution >= 0.6 is 39.3 Å². The molecule has 0 saturated carbocycles. The van der Waals surface area contributed by atoms with Gasteiger partial charge < -0.3 is 5.32 Å². The maximum atomic E-state index is 12.0. The van der Waals surface area contributed by atoms with Crippen LogP contribution in [0.25, 0.3) is 6.08 Å². The second-order valence-electron chi connectivity index (χ2n) is 4.48. The van der Waals surface area contributed by atoms with Gasteiger partial charge in [-0.3, -0.25) is 4.79 Å². The monoisotopic (exact) mass is 392 g/mol. The molecule has 2 aromatic carbocycles. The van der Waals surface area contributed by atoms with Crippen molar-refractivity contribution in [2.45, 2.75) is 0 Å². The fraction of sp³-hybridized carbons (Fsp3) is 0. The third kappa shape index (κ3) is 3.61. The van der Waals surface area contributed by atoms with Crippen molar-refractivity contribution < 1.29 is 4.79 Å². The van der Waals surface area contributed by atoms with Crippen LogP contribution < -0.4 is 5.32 Å². The summed E-state index contributed by atoms with van der Waals surface area (Å²) in [6, 6.07) is 15.0. The van der Waals surface area contributed by atoms with E-state index in [9.17, 15) is 4.79 Å². The van der Waals surface area contributed by atoms with Crippen LogP contribution in [0.1, 0.15) is 5.56 Å². The minimum absolute atomic E-state index is 0.166. The fourth-order valence-corrected chi connectivity index (χ4v) is 3.13. The number of thioether (sulfide) groups is 1. The van der Waals surface area contributed by atoms with Crippen molar-refractivity contribution in [2.24, 2.45) is 4.99 Å². The zero-order chi connectivity index (χ0) is 15.5. The number of hydrogen-bond donors (Lipinski definition) is 1. The van der Waals surface area contributed by atoms with Crippen LogP contribution in [-0.2, 0) is 4.79 Å². The molecule has 110 valence electrons. The molecule has 1 amide bonds. The highest BCUT2D eigenvalue weighted by Gasteiger charge is 2.23. The van der Waals surface area contributed by atoms with Gasteiger partial charge in [0.2, 0.25) is 0 Å². The number of nitrogens with zero attached hydrogens (tertiary/aromatic N) is 1. The van der Waals surface area contributed by atoms with Gasteiger partial charge in [-0.1, -0.05) is 45.7 Å². The first kappa shape index (κ1) is 15.3. The number of amidine groups is 1. The Morgan fingerprint density at radius 3 is 2.59 bits per heavy atom. The number of hydrogen-bond acceptors (Lipinski definition) is 3. The molecule has 0 radical (unpaired) electrons. The van der Waals surface area contributed by atoms with E-state index >= 15 is 0 Å². The smallest absolute Gasteiger partial charge is 0.264 e. The summed E-state index contributed by atoms with van der Waals surface area (Å²) in [6.07, 6.45) is 1.77. The Hall–Kier alpha value is -1.56. The van der Waals surface area contributed by atoms with Gasteiger partial charge in [-0.25, -0.2) is 4.99 Å². The lowest BCUT2D eigenvalue weighted by Crippen LogP contribution is -2.19. The number of halogens is 2. The summed E-state index contributed by atoms with van der Waals surface area (Å²) in [5, 5.41) is 3.93. The van der Waals surface area contributed by atoms with Crippen molar-refractivity contribution in [3.63, 3.8) is 0 Å². The highest BCUT2D eigenvalue weighted by atomic mass is 79.9. The minimum atomic E-state index is -0.166.